The van der Waals surface area contributed by atoms with Gasteiger partial charge in [-0.05, 0) is 26.8 Å². The lowest BCUT2D eigenvalue weighted by Crippen LogP contribution is -2.64. The van der Waals surface area contributed by atoms with Gasteiger partial charge in [-0.2, -0.15) is 0 Å². The van der Waals surface area contributed by atoms with Crippen LogP contribution in [-0.4, -0.2) is 28.9 Å². The van der Waals surface area contributed by atoms with E-state index < -0.39 is 5.54 Å². The van der Waals surface area contributed by atoms with Crippen molar-refractivity contribution in [3.8, 4) is 0 Å². The van der Waals surface area contributed by atoms with E-state index in [0.29, 0.717) is 5.82 Å². The molecule has 1 aliphatic heterocycles. The molecular formula is C13H18N4O2. The first kappa shape index (κ1) is 13.5. The molecule has 1 saturated heterocycles. The molecule has 102 valence electrons. The standard InChI is InChI=1S/C13H18N4O2/c1-8(14)9-5-4-6-15-11(9)17-7-10(18)16-12(19)13(17,2)3/h4-6,8H,7,14H2,1-3H3,(H,16,18,19)/t8-/m1/s1. The van der Waals surface area contributed by atoms with E-state index in [4.69, 9.17) is 5.73 Å². The predicted octanol–water partition coefficient (Wildman–Crippen LogP) is 0.343. The van der Waals surface area contributed by atoms with E-state index in [2.05, 4.69) is 10.3 Å². The van der Waals surface area contributed by atoms with Crippen molar-refractivity contribution in [3.63, 3.8) is 0 Å². The van der Waals surface area contributed by atoms with E-state index in [0.717, 1.165) is 5.56 Å². The van der Waals surface area contributed by atoms with Gasteiger partial charge in [0.2, 0.25) is 5.91 Å². The Kier molecular flexibility index (Phi) is 3.28. The summed E-state index contributed by atoms with van der Waals surface area (Å²) in [4.78, 5) is 29.6. The Morgan fingerprint density at radius 2 is 2.16 bits per heavy atom. The average molecular weight is 262 g/mol. The lowest BCUT2D eigenvalue weighted by Gasteiger charge is -2.41. The third-order valence-corrected chi connectivity index (χ3v) is 3.35. The fourth-order valence-corrected chi connectivity index (χ4v) is 2.11. The number of aromatic nitrogens is 1. The fraction of sp³-hybridized carbons (Fsp3) is 0.462. The van der Waals surface area contributed by atoms with Crippen molar-refractivity contribution >= 4 is 17.6 Å². The first-order valence-corrected chi connectivity index (χ1v) is 6.16. The highest BCUT2D eigenvalue weighted by molar-refractivity contribution is 6.06. The summed E-state index contributed by atoms with van der Waals surface area (Å²) >= 11 is 0. The third-order valence-electron chi connectivity index (χ3n) is 3.35. The molecule has 2 amide bonds. The second kappa shape index (κ2) is 4.62. The summed E-state index contributed by atoms with van der Waals surface area (Å²) in [6, 6.07) is 3.43. The Balaban J connectivity index is 2.50. The van der Waals surface area contributed by atoms with Crippen LogP contribution in [0, 0.1) is 0 Å². The summed E-state index contributed by atoms with van der Waals surface area (Å²) in [5.74, 6) is -0.0682. The van der Waals surface area contributed by atoms with Crippen LogP contribution in [0.2, 0.25) is 0 Å². The van der Waals surface area contributed by atoms with Gasteiger partial charge in [-0.15, -0.1) is 0 Å². The number of rotatable bonds is 2. The molecule has 1 atom stereocenters. The summed E-state index contributed by atoms with van der Waals surface area (Å²) in [7, 11) is 0. The molecule has 6 nitrogen and oxygen atoms in total. The number of hydrogen-bond donors (Lipinski definition) is 2. The molecular weight excluding hydrogens is 244 g/mol. The number of hydrogen-bond acceptors (Lipinski definition) is 5. The third kappa shape index (κ3) is 2.31. The van der Waals surface area contributed by atoms with Gasteiger partial charge in [0, 0.05) is 17.8 Å². The van der Waals surface area contributed by atoms with Gasteiger partial charge in [-0.1, -0.05) is 6.07 Å². The molecule has 0 bridgehead atoms. The molecule has 0 aliphatic carbocycles. The number of carbonyl (C=O) groups is 2. The van der Waals surface area contributed by atoms with E-state index in [9.17, 15) is 9.59 Å². The molecule has 19 heavy (non-hydrogen) atoms. The Morgan fingerprint density at radius 3 is 2.79 bits per heavy atom. The molecule has 0 saturated carbocycles. The van der Waals surface area contributed by atoms with Crippen molar-refractivity contribution in [1.29, 1.82) is 0 Å². The Hall–Kier alpha value is -1.95. The molecule has 0 aromatic carbocycles. The molecule has 2 rings (SSSR count). The summed E-state index contributed by atoms with van der Waals surface area (Å²) in [5, 5.41) is 2.34. The maximum Gasteiger partial charge on any atom is 0.251 e. The Bertz CT molecular complexity index is 525. The van der Waals surface area contributed by atoms with Crippen molar-refractivity contribution in [3.05, 3.63) is 23.9 Å². The number of nitrogens with zero attached hydrogens (tertiary/aromatic N) is 2. The fourth-order valence-electron chi connectivity index (χ4n) is 2.11. The molecule has 2 heterocycles. The summed E-state index contributed by atoms with van der Waals surface area (Å²) in [6.07, 6.45) is 1.63. The number of nitrogens with two attached hydrogens (primary N) is 1. The van der Waals surface area contributed by atoms with Crippen LogP contribution in [0.1, 0.15) is 32.4 Å². The Morgan fingerprint density at radius 1 is 1.47 bits per heavy atom. The molecule has 6 heteroatoms. The summed E-state index contributed by atoms with van der Waals surface area (Å²) < 4.78 is 0. The molecule has 0 radical (unpaired) electrons. The quantitative estimate of drug-likeness (QED) is 0.750. The number of piperazine rings is 1. The summed E-state index contributed by atoms with van der Waals surface area (Å²) in [5.41, 5.74) is 5.90. The number of amides is 2. The van der Waals surface area contributed by atoms with Gasteiger partial charge in [0.05, 0.1) is 6.54 Å². The second-order valence-corrected chi connectivity index (χ2v) is 5.23. The molecule has 1 aromatic rings. The minimum atomic E-state index is -0.841. The highest BCUT2D eigenvalue weighted by atomic mass is 16.2. The zero-order chi connectivity index (χ0) is 14.2. The van der Waals surface area contributed by atoms with E-state index in [1.807, 2.05) is 13.0 Å². The van der Waals surface area contributed by atoms with Crippen molar-refractivity contribution < 1.29 is 9.59 Å². The second-order valence-electron chi connectivity index (χ2n) is 5.23. The topological polar surface area (TPSA) is 88.3 Å². The van der Waals surface area contributed by atoms with Crippen LogP contribution in [0.25, 0.3) is 0 Å². The van der Waals surface area contributed by atoms with E-state index in [1.165, 1.54) is 0 Å². The van der Waals surface area contributed by atoms with E-state index in [-0.39, 0.29) is 24.4 Å². The molecule has 1 fully saturated rings. The zero-order valence-corrected chi connectivity index (χ0v) is 11.3. The van der Waals surface area contributed by atoms with Crippen LogP contribution >= 0.6 is 0 Å². The van der Waals surface area contributed by atoms with Gasteiger partial charge in [0.15, 0.2) is 0 Å². The van der Waals surface area contributed by atoms with Gasteiger partial charge in [0.1, 0.15) is 11.4 Å². The number of pyridine rings is 1. The molecule has 3 N–H and O–H groups in total. The van der Waals surface area contributed by atoms with Gasteiger partial charge in [-0.25, -0.2) is 4.98 Å². The van der Waals surface area contributed by atoms with Gasteiger partial charge in [-0.3, -0.25) is 14.9 Å². The lowest BCUT2D eigenvalue weighted by atomic mass is 9.97. The van der Waals surface area contributed by atoms with Crippen molar-refractivity contribution in [2.75, 3.05) is 11.4 Å². The van der Waals surface area contributed by atoms with Crippen LogP contribution in [0.3, 0.4) is 0 Å². The molecule has 1 aliphatic rings. The van der Waals surface area contributed by atoms with Gasteiger partial charge < -0.3 is 10.6 Å². The van der Waals surface area contributed by atoms with Crippen LogP contribution in [0.5, 0.6) is 0 Å². The summed E-state index contributed by atoms with van der Waals surface area (Å²) in [6.45, 7) is 5.46. The van der Waals surface area contributed by atoms with Crippen molar-refractivity contribution in [1.82, 2.24) is 10.3 Å². The van der Waals surface area contributed by atoms with Crippen LogP contribution in [-0.2, 0) is 9.59 Å². The van der Waals surface area contributed by atoms with Crippen LogP contribution in [0.4, 0.5) is 5.82 Å². The van der Waals surface area contributed by atoms with E-state index >= 15 is 0 Å². The van der Waals surface area contributed by atoms with E-state index in [1.54, 1.807) is 31.0 Å². The number of imide groups is 1. The van der Waals surface area contributed by atoms with Gasteiger partial charge in [0.25, 0.3) is 5.91 Å². The maximum atomic E-state index is 12.0. The largest absolute Gasteiger partial charge is 0.333 e. The molecule has 0 spiro atoms. The van der Waals surface area contributed by atoms with Crippen LogP contribution < -0.4 is 16.0 Å². The van der Waals surface area contributed by atoms with Crippen LogP contribution in [0.15, 0.2) is 18.3 Å². The highest BCUT2D eigenvalue weighted by Gasteiger charge is 2.42. The van der Waals surface area contributed by atoms with Crippen molar-refractivity contribution in [2.24, 2.45) is 5.73 Å². The highest BCUT2D eigenvalue weighted by Crippen LogP contribution is 2.29. The maximum absolute atomic E-state index is 12.0. The SMILES string of the molecule is C[C@@H](N)c1cccnc1N1CC(=O)NC(=O)C1(C)C. The smallest absolute Gasteiger partial charge is 0.251 e. The normalized spacial score (nSPS) is 20.1. The first-order chi connectivity index (χ1) is 8.84. The minimum absolute atomic E-state index is 0.0927. The monoisotopic (exact) mass is 262 g/mol. The first-order valence-electron chi connectivity index (χ1n) is 6.16. The predicted molar refractivity (Wildman–Crippen MR) is 71.4 cm³/mol. The number of carbonyl (C=O) groups excluding carboxylic acids is 2. The Labute approximate surface area is 112 Å². The average Bonchev–Trinajstić information content (AvgIpc) is 2.34. The number of nitrogens with one attached hydrogen (secondary N) is 1. The van der Waals surface area contributed by atoms with Gasteiger partial charge >= 0.3 is 0 Å². The molecule has 0 unspecified atom stereocenters. The molecule has 1 aromatic heterocycles. The zero-order valence-electron chi connectivity index (χ0n) is 11.3. The van der Waals surface area contributed by atoms with Crippen molar-refractivity contribution in [2.45, 2.75) is 32.4 Å². The lowest BCUT2D eigenvalue weighted by molar-refractivity contribution is -0.135. The minimum Gasteiger partial charge on any atom is -0.333 e. The number of anilines is 1.